The Morgan fingerprint density at radius 3 is 3.00 bits per heavy atom. The van der Waals surface area contributed by atoms with Crippen LogP contribution >= 0.6 is 22.9 Å². The van der Waals surface area contributed by atoms with Crippen molar-refractivity contribution in [2.45, 2.75) is 13.3 Å². The number of benzene rings is 1. The van der Waals surface area contributed by atoms with E-state index < -0.39 is 0 Å². The minimum absolute atomic E-state index is 0.698. The molecule has 3 nitrogen and oxygen atoms in total. The summed E-state index contributed by atoms with van der Waals surface area (Å²) in [5.41, 5.74) is 0.843. The summed E-state index contributed by atoms with van der Waals surface area (Å²) in [6.07, 6.45) is 0.979. The smallest absolute Gasteiger partial charge is 0.183 e. The SMILES string of the molecule is CCCOc1ccc(Cl)c2sc(NC)nc12. The van der Waals surface area contributed by atoms with Crippen LogP contribution in [0.5, 0.6) is 5.75 Å². The summed E-state index contributed by atoms with van der Waals surface area (Å²) in [7, 11) is 1.85. The Kier molecular flexibility index (Phi) is 3.51. The maximum Gasteiger partial charge on any atom is 0.183 e. The van der Waals surface area contributed by atoms with E-state index in [0.717, 1.165) is 32.5 Å². The molecule has 0 saturated heterocycles. The molecule has 16 heavy (non-hydrogen) atoms. The van der Waals surface area contributed by atoms with E-state index in [4.69, 9.17) is 16.3 Å². The number of hydrogen-bond donors (Lipinski definition) is 1. The van der Waals surface area contributed by atoms with E-state index in [-0.39, 0.29) is 0 Å². The van der Waals surface area contributed by atoms with Crippen molar-refractivity contribution in [2.24, 2.45) is 0 Å². The summed E-state index contributed by atoms with van der Waals surface area (Å²) >= 11 is 7.66. The fourth-order valence-corrected chi connectivity index (χ4v) is 2.50. The molecule has 5 heteroatoms. The summed E-state index contributed by atoms with van der Waals surface area (Å²) in [4.78, 5) is 4.44. The zero-order valence-corrected chi connectivity index (χ0v) is 10.8. The molecule has 0 aliphatic carbocycles. The maximum atomic E-state index is 6.12. The van der Waals surface area contributed by atoms with E-state index in [1.165, 1.54) is 11.3 Å². The van der Waals surface area contributed by atoms with E-state index in [9.17, 15) is 0 Å². The molecule has 0 saturated carbocycles. The Bertz CT molecular complexity index is 498. The fourth-order valence-electron chi connectivity index (χ4n) is 1.39. The van der Waals surface area contributed by atoms with Gasteiger partial charge in [-0.15, -0.1) is 0 Å². The molecule has 0 atom stereocenters. The van der Waals surface area contributed by atoms with Crippen LogP contribution in [0, 0.1) is 0 Å². The highest BCUT2D eigenvalue weighted by molar-refractivity contribution is 7.22. The Balaban J connectivity index is 2.49. The molecule has 0 amide bonds. The number of ether oxygens (including phenoxy) is 1. The van der Waals surface area contributed by atoms with Crippen LogP contribution < -0.4 is 10.1 Å². The molecular formula is C11H13ClN2OS. The molecule has 2 aromatic rings. The lowest BCUT2D eigenvalue weighted by atomic mass is 10.3. The van der Waals surface area contributed by atoms with E-state index in [1.54, 1.807) is 0 Å². The van der Waals surface area contributed by atoms with Crippen LogP contribution in [0.1, 0.15) is 13.3 Å². The number of nitrogens with one attached hydrogen (secondary N) is 1. The van der Waals surface area contributed by atoms with Crippen molar-refractivity contribution in [1.82, 2.24) is 4.98 Å². The van der Waals surface area contributed by atoms with Crippen LogP contribution in [0.15, 0.2) is 12.1 Å². The van der Waals surface area contributed by atoms with Gasteiger partial charge in [0.25, 0.3) is 0 Å². The molecule has 1 heterocycles. The van der Waals surface area contributed by atoms with E-state index in [0.29, 0.717) is 6.61 Å². The van der Waals surface area contributed by atoms with Crippen LogP contribution in [0.2, 0.25) is 5.02 Å². The number of rotatable bonds is 4. The van der Waals surface area contributed by atoms with E-state index >= 15 is 0 Å². The number of fused-ring (bicyclic) bond motifs is 1. The third-order valence-electron chi connectivity index (χ3n) is 2.13. The van der Waals surface area contributed by atoms with Crippen LogP contribution in [0.25, 0.3) is 10.2 Å². The van der Waals surface area contributed by atoms with Crippen LogP contribution in [-0.2, 0) is 0 Å². The molecule has 0 spiro atoms. The Morgan fingerprint density at radius 1 is 1.50 bits per heavy atom. The number of anilines is 1. The van der Waals surface area contributed by atoms with Gasteiger partial charge in [0.05, 0.1) is 16.3 Å². The van der Waals surface area contributed by atoms with Gasteiger partial charge in [0.15, 0.2) is 5.13 Å². The second-order valence-electron chi connectivity index (χ2n) is 3.34. The number of thiazole rings is 1. The molecule has 1 aromatic heterocycles. The lowest BCUT2D eigenvalue weighted by molar-refractivity contribution is 0.320. The van der Waals surface area contributed by atoms with Crippen molar-refractivity contribution >= 4 is 38.3 Å². The first-order valence-corrected chi connectivity index (χ1v) is 6.35. The van der Waals surface area contributed by atoms with Crippen LogP contribution in [0.3, 0.4) is 0 Å². The monoisotopic (exact) mass is 256 g/mol. The van der Waals surface area contributed by atoms with Gasteiger partial charge in [-0.2, -0.15) is 0 Å². The average molecular weight is 257 g/mol. The van der Waals surface area contributed by atoms with Gasteiger partial charge in [-0.25, -0.2) is 4.98 Å². The molecular weight excluding hydrogens is 244 g/mol. The van der Waals surface area contributed by atoms with Gasteiger partial charge < -0.3 is 10.1 Å². The zero-order valence-electron chi connectivity index (χ0n) is 9.21. The molecule has 2 rings (SSSR count). The zero-order chi connectivity index (χ0) is 11.5. The third-order valence-corrected chi connectivity index (χ3v) is 3.67. The quantitative estimate of drug-likeness (QED) is 0.904. The van der Waals surface area contributed by atoms with Crippen LogP contribution in [-0.4, -0.2) is 18.6 Å². The number of aromatic nitrogens is 1. The Morgan fingerprint density at radius 2 is 2.31 bits per heavy atom. The number of halogens is 1. The van der Waals surface area contributed by atoms with E-state index in [2.05, 4.69) is 17.2 Å². The number of hydrogen-bond acceptors (Lipinski definition) is 4. The molecule has 0 unspecified atom stereocenters. The van der Waals surface area contributed by atoms with Crippen LogP contribution in [0.4, 0.5) is 5.13 Å². The van der Waals surface area contributed by atoms with Crippen molar-refractivity contribution in [3.8, 4) is 5.75 Å². The van der Waals surface area contributed by atoms with Gasteiger partial charge in [-0.05, 0) is 18.6 Å². The highest BCUT2D eigenvalue weighted by Gasteiger charge is 2.11. The van der Waals surface area contributed by atoms with Gasteiger partial charge in [-0.1, -0.05) is 29.9 Å². The lowest BCUT2D eigenvalue weighted by Gasteiger charge is -2.05. The van der Waals surface area contributed by atoms with Gasteiger partial charge in [-0.3, -0.25) is 0 Å². The Hall–Kier alpha value is -1.00. The highest BCUT2D eigenvalue weighted by Crippen LogP contribution is 2.37. The van der Waals surface area contributed by atoms with Crippen molar-refractivity contribution in [3.63, 3.8) is 0 Å². The highest BCUT2D eigenvalue weighted by atomic mass is 35.5. The first kappa shape index (κ1) is 11.5. The number of nitrogens with zero attached hydrogens (tertiary/aromatic N) is 1. The summed E-state index contributed by atoms with van der Waals surface area (Å²) < 4.78 is 6.61. The summed E-state index contributed by atoms with van der Waals surface area (Å²) in [6, 6.07) is 3.73. The Labute approximate surface area is 103 Å². The molecule has 0 bridgehead atoms. The molecule has 1 N–H and O–H groups in total. The average Bonchev–Trinajstić information content (AvgIpc) is 2.73. The maximum absolute atomic E-state index is 6.12. The van der Waals surface area contributed by atoms with Crippen molar-refractivity contribution in [3.05, 3.63) is 17.2 Å². The fraction of sp³-hybridized carbons (Fsp3) is 0.364. The molecule has 0 fully saturated rings. The molecule has 0 radical (unpaired) electrons. The summed E-state index contributed by atoms with van der Waals surface area (Å²) in [5.74, 6) is 0.805. The van der Waals surface area contributed by atoms with Gasteiger partial charge in [0, 0.05) is 7.05 Å². The standard InChI is InChI=1S/C11H13ClN2OS/c1-3-6-15-8-5-4-7(12)10-9(8)14-11(13-2)16-10/h4-5H,3,6H2,1-2H3,(H,13,14). The van der Waals surface area contributed by atoms with Gasteiger partial charge >= 0.3 is 0 Å². The topological polar surface area (TPSA) is 34.1 Å². The first-order chi connectivity index (χ1) is 7.76. The minimum Gasteiger partial charge on any atom is -0.491 e. The first-order valence-electron chi connectivity index (χ1n) is 5.16. The molecule has 0 aliphatic heterocycles. The predicted octanol–water partition coefficient (Wildman–Crippen LogP) is 3.78. The molecule has 0 aliphatic rings. The lowest BCUT2D eigenvalue weighted by Crippen LogP contribution is -1.95. The van der Waals surface area contributed by atoms with Gasteiger partial charge in [0.1, 0.15) is 11.3 Å². The minimum atomic E-state index is 0.698. The van der Waals surface area contributed by atoms with Gasteiger partial charge in [0.2, 0.25) is 0 Å². The van der Waals surface area contributed by atoms with Crippen molar-refractivity contribution in [1.29, 1.82) is 0 Å². The predicted molar refractivity (Wildman–Crippen MR) is 70.0 cm³/mol. The largest absolute Gasteiger partial charge is 0.491 e. The molecule has 1 aromatic carbocycles. The molecule has 86 valence electrons. The summed E-state index contributed by atoms with van der Waals surface area (Å²) in [5, 5.41) is 4.59. The van der Waals surface area contributed by atoms with E-state index in [1.807, 2.05) is 19.2 Å². The second kappa shape index (κ2) is 4.89. The summed E-state index contributed by atoms with van der Waals surface area (Å²) in [6.45, 7) is 2.77. The normalized spacial score (nSPS) is 10.7. The van der Waals surface area contributed by atoms with Crippen molar-refractivity contribution in [2.75, 3.05) is 19.0 Å². The third kappa shape index (κ3) is 2.08. The second-order valence-corrected chi connectivity index (χ2v) is 4.75. The van der Waals surface area contributed by atoms with Crippen molar-refractivity contribution < 1.29 is 4.74 Å².